The van der Waals surface area contributed by atoms with Gasteiger partial charge < -0.3 is 15.5 Å². The van der Waals surface area contributed by atoms with Crippen LogP contribution in [0.25, 0.3) is 0 Å². The molecule has 3 N–H and O–H groups in total. The lowest BCUT2D eigenvalue weighted by atomic mass is 10.4. The Morgan fingerprint density at radius 3 is 2.25 bits per heavy atom. The van der Waals surface area contributed by atoms with Crippen molar-refractivity contribution in [1.82, 2.24) is 15.1 Å². The number of rotatable bonds is 7. The summed E-state index contributed by atoms with van der Waals surface area (Å²) in [5.74, 6) is -0.238. The summed E-state index contributed by atoms with van der Waals surface area (Å²) in [6, 6.07) is -0.377. The Morgan fingerprint density at radius 1 is 1.19 bits per heavy atom. The predicted molar refractivity (Wildman–Crippen MR) is 55.7 cm³/mol. The SMILES string of the molecule is O=C1CNC(=O)N1CCN(CCO)CCO. The molecule has 0 aromatic rings. The number of amides is 3. The van der Waals surface area contributed by atoms with E-state index in [0.29, 0.717) is 19.6 Å². The maximum atomic E-state index is 11.2. The number of carbonyl (C=O) groups is 2. The zero-order chi connectivity index (χ0) is 12.0. The number of aliphatic hydroxyl groups excluding tert-OH is 2. The van der Waals surface area contributed by atoms with Crippen LogP contribution in [0.2, 0.25) is 0 Å². The van der Waals surface area contributed by atoms with Crippen LogP contribution in [0.4, 0.5) is 4.79 Å². The summed E-state index contributed by atoms with van der Waals surface area (Å²) in [5, 5.41) is 20.0. The van der Waals surface area contributed by atoms with Crippen LogP contribution in [0.5, 0.6) is 0 Å². The molecule has 0 bridgehead atoms. The van der Waals surface area contributed by atoms with Crippen molar-refractivity contribution >= 4 is 11.9 Å². The zero-order valence-electron chi connectivity index (χ0n) is 9.06. The van der Waals surface area contributed by atoms with Crippen LogP contribution in [0.1, 0.15) is 0 Å². The smallest absolute Gasteiger partial charge is 0.324 e. The molecule has 0 aliphatic carbocycles. The normalized spacial score (nSPS) is 16.1. The number of carbonyl (C=O) groups excluding carboxylic acids is 2. The number of nitrogens with zero attached hydrogens (tertiary/aromatic N) is 2. The molecule has 0 spiro atoms. The van der Waals surface area contributed by atoms with Gasteiger partial charge in [0.1, 0.15) is 0 Å². The monoisotopic (exact) mass is 231 g/mol. The van der Waals surface area contributed by atoms with Crippen molar-refractivity contribution in [2.24, 2.45) is 0 Å². The number of aliphatic hydroxyl groups is 2. The first kappa shape index (κ1) is 12.9. The highest BCUT2D eigenvalue weighted by Crippen LogP contribution is 1.99. The Morgan fingerprint density at radius 2 is 1.81 bits per heavy atom. The summed E-state index contributed by atoms with van der Waals surface area (Å²) < 4.78 is 0. The van der Waals surface area contributed by atoms with Gasteiger partial charge in [-0.15, -0.1) is 0 Å². The second-order valence-electron chi connectivity index (χ2n) is 3.49. The van der Waals surface area contributed by atoms with Crippen LogP contribution < -0.4 is 5.32 Å². The minimum absolute atomic E-state index is 0.0137. The van der Waals surface area contributed by atoms with Crippen molar-refractivity contribution < 1.29 is 19.8 Å². The Bertz CT molecular complexity index is 237. The molecule has 1 saturated heterocycles. The van der Waals surface area contributed by atoms with E-state index >= 15 is 0 Å². The van der Waals surface area contributed by atoms with Crippen molar-refractivity contribution in [3.8, 4) is 0 Å². The fourth-order valence-electron chi connectivity index (χ4n) is 1.54. The van der Waals surface area contributed by atoms with Gasteiger partial charge in [0.25, 0.3) is 0 Å². The van der Waals surface area contributed by atoms with E-state index in [1.54, 1.807) is 4.90 Å². The maximum absolute atomic E-state index is 11.2. The molecule has 7 nitrogen and oxygen atoms in total. The fourth-order valence-corrected chi connectivity index (χ4v) is 1.54. The van der Waals surface area contributed by atoms with Gasteiger partial charge in [-0.05, 0) is 0 Å². The third-order valence-corrected chi connectivity index (χ3v) is 2.41. The minimum atomic E-state index is -0.377. The van der Waals surface area contributed by atoms with E-state index in [2.05, 4.69) is 5.32 Å². The molecule has 3 amide bonds. The van der Waals surface area contributed by atoms with Gasteiger partial charge in [-0.1, -0.05) is 0 Å². The average Bonchev–Trinajstić information content (AvgIpc) is 2.56. The Labute approximate surface area is 93.6 Å². The second-order valence-corrected chi connectivity index (χ2v) is 3.49. The lowest BCUT2D eigenvalue weighted by molar-refractivity contribution is -0.125. The van der Waals surface area contributed by atoms with E-state index in [0.717, 1.165) is 4.90 Å². The van der Waals surface area contributed by atoms with E-state index in [1.165, 1.54) is 0 Å². The Hall–Kier alpha value is -1.18. The zero-order valence-corrected chi connectivity index (χ0v) is 9.06. The third kappa shape index (κ3) is 3.44. The molecule has 0 saturated carbocycles. The molecule has 1 heterocycles. The molecule has 0 atom stereocenters. The standard InChI is InChI=1S/C9H17N3O4/c13-5-3-11(4-6-14)1-2-12-8(15)7-10-9(12)16/h13-14H,1-7H2,(H,10,16). The summed E-state index contributed by atoms with van der Waals surface area (Å²) in [7, 11) is 0. The predicted octanol–water partition coefficient (Wildman–Crippen LogP) is -2.18. The number of urea groups is 1. The summed E-state index contributed by atoms with van der Waals surface area (Å²) >= 11 is 0. The summed E-state index contributed by atoms with van der Waals surface area (Å²) in [4.78, 5) is 25.4. The van der Waals surface area contributed by atoms with Crippen molar-refractivity contribution in [1.29, 1.82) is 0 Å². The van der Waals surface area contributed by atoms with Crippen LogP contribution in [0.15, 0.2) is 0 Å². The molecule has 1 aliphatic rings. The molecule has 1 aliphatic heterocycles. The molecule has 0 aromatic carbocycles. The first-order valence-corrected chi connectivity index (χ1v) is 5.21. The van der Waals surface area contributed by atoms with E-state index in [9.17, 15) is 9.59 Å². The van der Waals surface area contributed by atoms with Crippen LogP contribution in [0, 0.1) is 0 Å². The summed E-state index contributed by atoms with van der Waals surface area (Å²) in [6.45, 7) is 1.61. The summed E-state index contributed by atoms with van der Waals surface area (Å²) in [6.07, 6.45) is 0. The molecule has 92 valence electrons. The highest BCUT2D eigenvalue weighted by atomic mass is 16.3. The Balaban J connectivity index is 2.35. The molecule has 7 heteroatoms. The minimum Gasteiger partial charge on any atom is -0.395 e. The van der Waals surface area contributed by atoms with Crippen molar-refractivity contribution in [2.45, 2.75) is 0 Å². The molecule has 1 fully saturated rings. The molecular weight excluding hydrogens is 214 g/mol. The Kier molecular flexibility index (Phi) is 5.17. The number of hydrogen-bond acceptors (Lipinski definition) is 5. The van der Waals surface area contributed by atoms with Crippen LogP contribution in [-0.4, -0.2) is 77.9 Å². The molecule has 0 radical (unpaired) electrons. The van der Waals surface area contributed by atoms with Crippen LogP contribution >= 0.6 is 0 Å². The van der Waals surface area contributed by atoms with Crippen molar-refractivity contribution in [3.63, 3.8) is 0 Å². The highest BCUT2D eigenvalue weighted by molar-refractivity contribution is 6.01. The maximum Gasteiger partial charge on any atom is 0.324 e. The molecule has 0 aromatic heterocycles. The third-order valence-electron chi connectivity index (χ3n) is 2.41. The lowest BCUT2D eigenvalue weighted by Gasteiger charge is -2.22. The first-order valence-electron chi connectivity index (χ1n) is 5.21. The van der Waals surface area contributed by atoms with Gasteiger partial charge >= 0.3 is 6.03 Å². The number of hydrogen-bond donors (Lipinski definition) is 3. The van der Waals surface area contributed by atoms with Crippen molar-refractivity contribution in [2.75, 3.05) is 45.9 Å². The van der Waals surface area contributed by atoms with Gasteiger partial charge in [-0.3, -0.25) is 14.6 Å². The van der Waals surface area contributed by atoms with Gasteiger partial charge in [-0.2, -0.15) is 0 Å². The van der Waals surface area contributed by atoms with Crippen LogP contribution in [0.3, 0.4) is 0 Å². The summed E-state index contributed by atoms with van der Waals surface area (Å²) in [5.41, 5.74) is 0. The van der Waals surface area contributed by atoms with Gasteiger partial charge in [0, 0.05) is 26.2 Å². The topological polar surface area (TPSA) is 93.1 Å². The second kappa shape index (κ2) is 6.41. The van der Waals surface area contributed by atoms with Gasteiger partial charge in [0.2, 0.25) is 5.91 Å². The van der Waals surface area contributed by atoms with Gasteiger partial charge in [0.05, 0.1) is 19.8 Å². The van der Waals surface area contributed by atoms with Gasteiger partial charge in [0.15, 0.2) is 0 Å². The average molecular weight is 231 g/mol. The largest absolute Gasteiger partial charge is 0.395 e. The highest BCUT2D eigenvalue weighted by Gasteiger charge is 2.28. The fraction of sp³-hybridized carbons (Fsp3) is 0.778. The van der Waals surface area contributed by atoms with Gasteiger partial charge in [-0.25, -0.2) is 4.79 Å². The quantitative estimate of drug-likeness (QED) is 0.433. The van der Waals surface area contributed by atoms with E-state index in [-0.39, 0.29) is 38.2 Å². The first-order chi connectivity index (χ1) is 7.69. The van der Waals surface area contributed by atoms with E-state index < -0.39 is 0 Å². The molecule has 16 heavy (non-hydrogen) atoms. The number of nitrogens with one attached hydrogen (secondary N) is 1. The van der Waals surface area contributed by atoms with E-state index in [1.807, 2.05) is 0 Å². The van der Waals surface area contributed by atoms with Crippen LogP contribution in [-0.2, 0) is 4.79 Å². The van der Waals surface area contributed by atoms with Crippen molar-refractivity contribution in [3.05, 3.63) is 0 Å². The molecular formula is C9H17N3O4. The molecule has 0 unspecified atom stereocenters. The molecule has 1 rings (SSSR count). The lowest BCUT2D eigenvalue weighted by Crippen LogP contribution is -2.40. The number of imide groups is 1. The van der Waals surface area contributed by atoms with E-state index in [4.69, 9.17) is 10.2 Å².